The molecular weight excluding hydrogens is 422 g/mol. The van der Waals surface area contributed by atoms with Crippen LogP contribution in [0.5, 0.6) is 0 Å². The van der Waals surface area contributed by atoms with Crippen molar-refractivity contribution in [2.45, 2.75) is 13.8 Å². The van der Waals surface area contributed by atoms with Gasteiger partial charge in [-0.15, -0.1) is 0 Å². The molecule has 0 fully saturated rings. The van der Waals surface area contributed by atoms with Crippen LogP contribution in [0.15, 0.2) is 0 Å². The summed E-state index contributed by atoms with van der Waals surface area (Å²) in [6, 6.07) is -0.230. The van der Waals surface area contributed by atoms with E-state index in [4.69, 9.17) is 0 Å². The lowest BCUT2D eigenvalue weighted by atomic mass is 10.3. The summed E-state index contributed by atoms with van der Waals surface area (Å²) in [5.74, 6) is 0.733. The van der Waals surface area contributed by atoms with Crippen LogP contribution in [0.3, 0.4) is 0 Å². The van der Waals surface area contributed by atoms with Gasteiger partial charge in [0, 0.05) is 56.9 Å². The van der Waals surface area contributed by atoms with E-state index in [0.717, 1.165) is 17.1 Å². The standard InChI is InChI=1S/C8H14N4O.I2/c1-5-6(2)11-12(4)7(5)10-8(13)9-3;1-2/h1-4H3,(H2,9,10,13);. The number of rotatable bonds is 1. The van der Waals surface area contributed by atoms with Crippen LogP contribution in [-0.2, 0) is 7.05 Å². The minimum absolute atomic E-state index is 0.230. The topological polar surface area (TPSA) is 59.0 Å². The third kappa shape index (κ3) is 4.13. The molecule has 2 amide bonds. The molecule has 0 aliphatic heterocycles. The summed E-state index contributed by atoms with van der Waals surface area (Å²) >= 11 is 4.24. The maximum absolute atomic E-state index is 11.0. The van der Waals surface area contributed by atoms with Crippen molar-refractivity contribution in [2.24, 2.45) is 7.05 Å². The van der Waals surface area contributed by atoms with E-state index in [0.29, 0.717) is 0 Å². The molecule has 0 spiro atoms. The first kappa shape index (κ1) is 14.9. The fourth-order valence-electron chi connectivity index (χ4n) is 1.11. The smallest absolute Gasteiger partial charge is 0.320 e. The van der Waals surface area contributed by atoms with Gasteiger partial charge in [0.15, 0.2) is 0 Å². The summed E-state index contributed by atoms with van der Waals surface area (Å²) in [4.78, 5) is 11.0. The van der Waals surface area contributed by atoms with Gasteiger partial charge >= 0.3 is 6.03 Å². The second kappa shape index (κ2) is 7.25. The van der Waals surface area contributed by atoms with Crippen LogP contribution < -0.4 is 10.6 Å². The quantitative estimate of drug-likeness (QED) is 0.666. The molecule has 0 aliphatic rings. The highest BCUT2D eigenvalue weighted by Crippen LogP contribution is 2.16. The monoisotopic (exact) mass is 436 g/mol. The molecule has 1 aromatic heterocycles. The zero-order valence-corrected chi connectivity index (χ0v) is 13.4. The number of urea groups is 1. The predicted molar refractivity (Wildman–Crippen MR) is 78.8 cm³/mol. The Balaban J connectivity index is 0.000000921. The van der Waals surface area contributed by atoms with Crippen LogP contribution in [-0.4, -0.2) is 22.9 Å². The number of halogens is 2. The molecule has 15 heavy (non-hydrogen) atoms. The van der Waals surface area contributed by atoms with Crippen LogP contribution in [0.4, 0.5) is 10.6 Å². The van der Waals surface area contributed by atoms with Crippen molar-refractivity contribution in [2.75, 3.05) is 12.4 Å². The molecule has 0 aliphatic carbocycles. The van der Waals surface area contributed by atoms with Crippen molar-refractivity contribution >= 4 is 49.1 Å². The van der Waals surface area contributed by atoms with E-state index in [1.54, 1.807) is 18.8 Å². The van der Waals surface area contributed by atoms with Gasteiger partial charge in [-0.1, -0.05) is 0 Å². The average molecular weight is 436 g/mol. The zero-order chi connectivity index (χ0) is 12.0. The first-order valence-electron chi connectivity index (χ1n) is 4.19. The van der Waals surface area contributed by atoms with E-state index in [1.165, 1.54) is 0 Å². The Labute approximate surface area is 113 Å². The van der Waals surface area contributed by atoms with Crippen LogP contribution in [0, 0.1) is 13.8 Å². The molecular formula is C8H14I2N4O. The molecule has 7 heteroatoms. The van der Waals surface area contributed by atoms with Gasteiger partial charge in [0.1, 0.15) is 5.82 Å². The van der Waals surface area contributed by atoms with Crippen molar-refractivity contribution in [1.29, 1.82) is 0 Å². The molecule has 0 radical (unpaired) electrons. The van der Waals surface area contributed by atoms with Gasteiger partial charge in [0.05, 0.1) is 5.69 Å². The Kier molecular flexibility index (Phi) is 7.22. The molecule has 1 rings (SSSR count). The Morgan fingerprint density at radius 2 is 1.93 bits per heavy atom. The lowest BCUT2D eigenvalue weighted by Crippen LogP contribution is -2.26. The van der Waals surface area contributed by atoms with E-state index in [2.05, 4.69) is 53.0 Å². The molecule has 86 valence electrons. The molecule has 0 bridgehead atoms. The van der Waals surface area contributed by atoms with E-state index in [-0.39, 0.29) is 6.03 Å². The van der Waals surface area contributed by atoms with Crippen molar-refractivity contribution in [3.8, 4) is 0 Å². The molecule has 2 N–H and O–H groups in total. The highest BCUT2D eigenvalue weighted by molar-refractivity contribution is 15.0. The SMILES string of the molecule is CNC(=O)Nc1c(C)c(C)nn1C.II. The molecule has 0 saturated heterocycles. The number of nitrogens with zero attached hydrogens (tertiary/aromatic N) is 2. The second-order valence-electron chi connectivity index (χ2n) is 2.89. The van der Waals surface area contributed by atoms with E-state index >= 15 is 0 Å². The summed E-state index contributed by atoms with van der Waals surface area (Å²) in [5, 5.41) is 9.36. The van der Waals surface area contributed by atoms with E-state index in [9.17, 15) is 4.79 Å². The number of aromatic nitrogens is 2. The van der Waals surface area contributed by atoms with Crippen molar-refractivity contribution in [3.63, 3.8) is 0 Å². The number of amides is 2. The first-order chi connectivity index (χ1) is 7.06. The van der Waals surface area contributed by atoms with E-state index in [1.807, 2.05) is 13.8 Å². The fraction of sp³-hybridized carbons (Fsp3) is 0.500. The van der Waals surface area contributed by atoms with Crippen LogP contribution in [0.2, 0.25) is 0 Å². The van der Waals surface area contributed by atoms with Crippen molar-refractivity contribution in [3.05, 3.63) is 11.3 Å². The molecule has 0 unspecified atom stereocenters. The summed E-state index contributed by atoms with van der Waals surface area (Å²) in [5.41, 5.74) is 1.92. The average Bonchev–Trinajstić information content (AvgIpc) is 2.48. The highest BCUT2D eigenvalue weighted by atomic mass is 128. The van der Waals surface area contributed by atoms with Gasteiger partial charge in [-0.2, -0.15) is 5.10 Å². The molecule has 0 aromatic carbocycles. The van der Waals surface area contributed by atoms with Gasteiger partial charge in [-0.05, 0) is 13.8 Å². The van der Waals surface area contributed by atoms with Gasteiger partial charge in [0.25, 0.3) is 0 Å². The number of nitrogens with one attached hydrogen (secondary N) is 2. The third-order valence-electron chi connectivity index (χ3n) is 1.98. The Morgan fingerprint density at radius 3 is 2.27 bits per heavy atom. The van der Waals surface area contributed by atoms with Crippen molar-refractivity contribution < 1.29 is 4.79 Å². The van der Waals surface area contributed by atoms with Crippen molar-refractivity contribution in [1.82, 2.24) is 15.1 Å². The molecule has 1 heterocycles. The number of carbonyl (C=O) groups excluding carboxylic acids is 1. The lowest BCUT2D eigenvalue weighted by Gasteiger charge is -2.05. The van der Waals surface area contributed by atoms with Crippen LogP contribution >= 0.6 is 37.2 Å². The van der Waals surface area contributed by atoms with Gasteiger partial charge in [-0.3, -0.25) is 10.00 Å². The molecule has 5 nitrogen and oxygen atoms in total. The van der Waals surface area contributed by atoms with E-state index < -0.39 is 0 Å². The molecule has 1 aromatic rings. The number of hydrogen-bond acceptors (Lipinski definition) is 2. The maximum atomic E-state index is 11.0. The van der Waals surface area contributed by atoms with Gasteiger partial charge < -0.3 is 5.32 Å². The molecule has 0 saturated carbocycles. The summed E-state index contributed by atoms with van der Waals surface area (Å²) in [6.45, 7) is 3.83. The number of hydrogen-bond donors (Lipinski definition) is 2. The minimum Gasteiger partial charge on any atom is -0.341 e. The van der Waals surface area contributed by atoms with Crippen LogP contribution in [0.25, 0.3) is 0 Å². The summed E-state index contributed by atoms with van der Waals surface area (Å²) in [7, 11) is 3.37. The second-order valence-corrected chi connectivity index (χ2v) is 2.89. The zero-order valence-electron chi connectivity index (χ0n) is 9.06. The minimum atomic E-state index is -0.230. The van der Waals surface area contributed by atoms with Gasteiger partial charge in [-0.25, -0.2) is 4.79 Å². The first-order valence-corrected chi connectivity index (χ1v) is 10.5. The summed E-state index contributed by atoms with van der Waals surface area (Å²) in [6.07, 6.45) is 0. The highest BCUT2D eigenvalue weighted by Gasteiger charge is 2.10. The maximum Gasteiger partial charge on any atom is 0.320 e. The van der Waals surface area contributed by atoms with Crippen LogP contribution in [0.1, 0.15) is 11.3 Å². The third-order valence-corrected chi connectivity index (χ3v) is 1.98. The fourth-order valence-corrected chi connectivity index (χ4v) is 1.11. The molecule has 0 atom stereocenters. The number of aryl methyl sites for hydroxylation is 2. The largest absolute Gasteiger partial charge is 0.341 e. The Morgan fingerprint density at radius 1 is 1.40 bits per heavy atom. The number of carbonyl (C=O) groups is 1. The Hall–Kier alpha value is -0.0600. The van der Waals surface area contributed by atoms with Gasteiger partial charge in [0.2, 0.25) is 0 Å². The normalized spacial score (nSPS) is 8.93. The number of anilines is 1. The lowest BCUT2D eigenvalue weighted by molar-refractivity contribution is 0.253. The Bertz CT molecular complexity index is 338. The summed E-state index contributed by atoms with van der Waals surface area (Å²) < 4.78 is 1.65. The predicted octanol–water partition coefficient (Wildman–Crippen LogP) is 2.56.